The number of benzene rings is 1. The Bertz CT molecular complexity index is 433. The van der Waals surface area contributed by atoms with Crippen LogP contribution in [-0.4, -0.2) is 24.6 Å². The van der Waals surface area contributed by atoms with Gasteiger partial charge in [-0.05, 0) is 19.4 Å². The normalized spacial score (nSPS) is 19.5. The van der Waals surface area contributed by atoms with Gasteiger partial charge in [0.1, 0.15) is 11.6 Å². The van der Waals surface area contributed by atoms with Crippen LogP contribution in [0.5, 0.6) is 5.75 Å². The summed E-state index contributed by atoms with van der Waals surface area (Å²) < 4.78 is 18.6. The second kappa shape index (κ2) is 5.77. The Hall–Kier alpha value is -1.69. The molecule has 1 aromatic carbocycles. The van der Waals surface area contributed by atoms with Gasteiger partial charge in [-0.15, -0.1) is 0 Å². The van der Waals surface area contributed by atoms with Gasteiger partial charge in [-0.1, -0.05) is 0 Å². The number of piperidine rings is 1. The van der Waals surface area contributed by atoms with E-state index in [9.17, 15) is 14.5 Å². The molecule has 1 aliphatic heterocycles. The van der Waals surface area contributed by atoms with E-state index in [-0.39, 0.29) is 11.4 Å². The number of nitrogens with one attached hydrogen (secondary N) is 1. The van der Waals surface area contributed by atoms with Gasteiger partial charge in [0.25, 0.3) is 5.69 Å². The number of hydrogen-bond donors (Lipinski definition) is 1. The van der Waals surface area contributed by atoms with Crippen molar-refractivity contribution in [3.8, 4) is 5.75 Å². The largest absolute Gasteiger partial charge is 0.493 e. The molecule has 18 heavy (non-hydrogen) atoms. The van der Waals surface area contributed by atoms with Crippen LogP contribution in [0.15, 0.2) is 18.2 Å². The van der Waals surface area contributed by atoms with E-state index in [1.54, 1.807) is 0 Å². The third-order valence-electron chi connectivity index (χ3n) is 2.95. The minimum atomic E-state index is -0.652. The summed E-state index contributed by atoms with van der Waals surface area (Å²) in [4.78, 5) is 9.96. The lowest BCUT2D eigenvalue weighted by atomic mass is 10.0. The van der Waals surface area contributed by atoms with E-state index in [4.69, 9.17) is 4.74 Å². The van der Waals surface area contributed by atoms with E-state index < -0.39 is 10.7 Å². The molecule has 0 saturated carbocycles. The van der Waals surface area contributed by atoms with Gasteiger partial charge in [0.05, 0.1) is 23.7 Å². The van der Waals surface area contributed by atoms with Crippen molar-refractivity contribution in [1.29, 1.82) is 0 Å². The molecule has 1 N–H and O–H groups in total. The Labute approximate surface area is 104 Å². The van der Waals surface area contributed by atoms with Gasteiger partial charge in [0.15, 0.2) is 0 Å². The van der Waals surface area contributed by atoms with Crippen LogP contribution in [-0.2, 0) is 0 Å². The molecule has 98 valence electrons. The molecule has 0 spiro atoms. The number of nitro benzene ring substituents is 1. The average molecular weight is 254 g/mol. The number of non-ortho nitro benzene ring substituents is 1. The summed E-state index contributed by atoms with van der Waals surface area (Å²) in [5.74, 6) is -0.0608. The second-order valence-corrected chi connectivity index (χ2v) is 4.43. The number of rotatable bonds is 4. The standard InChI is InChI=1S/C12H15FN2O3/c13-10-4-11(15(16)17)6-12(5-10)18-8-9-2-1-3-14-7-9/h4-6,9,14H,1-3,7-8H2. The molecule has 1 heterocycles. The summed E-state index contributed by atoms with van der Waals surface area (Å²) in [6, 6.07) is 3.30. The zero-order valence-electron chi connectivity index (χ0n) is 9.89. The highest BCUT2D eigenvalue weighted by Gasteiger charge is 2.15. The van der Waals surface area contributed by atoms with E-state index in [1.807, 2.05) is 0 Å². The zero-order chi connectivity index (χ0) is 13.0. The van der Waals surface area contributed by atoms with Crippen molar-refractivity contribution in [2.45, 2.75) is 12.8 Å². The van der Waals surface area contributed by atoms with E-state index in [2.05, 4.69) is 5.32 Å². The Morgan fingerprint density at radius 3 is 3.00 bits per heavy atom. The summed E-state index contributed by atoms with van der Waals surface area (Å²) in [5, 5.41) is 13.8. The molecule has 1 saturated heterocycles. The maximum absolute atomic E-state index is 13.2. The maximum atomic E-state index is 13.2. The van der Waals surface area contributed by atoms with Gasteiger partial charge in [-0.25, -0.2) is 4.39 Å². The van der Waals surface area contributed by atoms with Crippen molar-refractivity contribution >= 4 is 5.69 Å². The lowest BCUT2D eigenvalue weighted by Gasteiger charge is -2.22. The molecular weight excluding hydrogens is 239 g/mol. The van der Waals surface area contributed by atoms with Crippen molar-refractivity contribution in [3.05, 3.63) is 34.1 Å². The summed E-state index contributed by atoms with van der Waals surface area (Å²) in [6.45, 7) is 2.34. The lowest BCUT2D eigenvalue weighted by Crippen LogP contribution is -2.33. The van der Waals surface area contributed by atoms with Crippen LogP contribution in [0.4, 0.5) is 10.1 Å². The second-order valence-electron chi connectivity index (χ2n) is 4.43. The third kappa shape index (κ3) is 3.40. The highest BCUT2D eigenvalue weighted by atomic mass is 19.1. The summed E-state index contributed by atoms with van der Waals surface area (Å²) in [7, 11) is 0. The predicted octanol–water partition coefficient (Wildman–Crippen LogP) is 2.11. The fourth-order valence-corrected chi connectivity index (χ4v) is 2.02. The summed E-state index contributed by atoms with van der Waals surface area (Å²) >= 11 is 0. The van der Waals surface area contributed by atoms with Crippen LogP contribution in [0.25, 0.3) is 0 Å². The predicted molar refractivity (Wildman–Crippen MR) is 64.1 cm³/mol. The molecule has 2 rings (SSSR count). The minimum Gasteiger partial charge on any atom is -0.493 e. The Kier molecular flexibility index (Phi) is 4.09. The van der Waals surface area contributed by atoms with Crippen LogP contribution in [0.1, 0.15) is 12.8 Å². The molecular formula is C12H15FN2O3. The first-order valence-electron chi connectivity index (χ1n) is 5.93. The van der Waals surface area contributed by atoms with E-state index in [0.717, 1.165) is 32.0 Å². The van der Waals surface area contributed by atoms with Crippen LogP contribution in [0, 0.1) is 21.8 Å². The van der Waals surface area contributed by atoms with Gasteiger partial charge in [-0.3, -0.25) is 10.1 Å². The summed E-state index contributed by atoms with van der Waals surface area (Å²) in [6.07, 6.45) is 2.15. The molecule has 0 bridgehead atoms. The minimum absolute atomic E-state index is 0.215. The van der Waals surface area contributed by atoms with Gasteiger partial charge in [-0.2, -0.15) is 0 Å². The molecule has 5 nitrogen and oxygen atoms in total. The van der Waals surface area contributed by atoms with Crippen molar-refractivity contribution in [3.63, 3.8) is 0 Å². The first-order chi connectivity index (χ1) is 8.65. The van der Waals surface area contributed by atoms with E-state index in [0.29, 0.717) is 12.5 Å². The first-order valence-corrected chi connectivity index (χ1v) is 5.93. The van der Waals surface area contributed by atoms with Gasteiger partial charge in [0, 0.05) is 18.5 Å². The van der Waals surface area contributed by atoms with Crippen LogP contribution < -0.4 is 10.1 Å². The average Bonchev–Trinajstić information content (AvgIpc) is 2.37. The van der Waals surface area contributed by atoms with Gasteiger partial charge in [0.2, 0.25) is 0 Å². The monoisotopic (exact) mass is 254 g/mol. The number of nitrogens with zero attached hydrogens (tertiary/aromatic N) is 1. The van der Waals surface area contributed by atoms with Gasteiger partial charge < -0.3 is 10.1 Å². The third-order valence-corrected chi connectivity index (χ3v) is 2.95. The van der Waals surface area contributed by atoms with E-state index >= 15 is 0 Å². The molecule has 0 amide bonds. The number of halogens is 1. The molecule has 1 unspecified atom stereocenters. The number of nitro groups is 1. The quantitative estimate of drug-likeness (QED) is 0.660. The van der Waals surface area contributed by atoms with Crippen molar-refractivity contribution < 1.29 is 14.1 Å². The van der Waals surface area contributed by atoms with Crippen LogP contribution in [0.2, 0.25) is 0 Å². The SMILES string of the molecule is O=[N+]([O-])c1cc(F)cc(OCC2CCCNC2)c1. The number of ether oxygens (including phenoxy) is 1. The Morgan fingerprint density at radius 2 is 2.33 bits per heavy atom. The smallest absolute Gasteiger partial charge is 0.276 e. The van der Waals surface area contributed by atoms with Crippen molar-refractivity contribution in [2.75, 3.05) is 19.7 Å². The van der Waals surface area contributed by atoms with Gasteiger partial charge >= 0.3 is 0 Å². The fraction of sp³-hybridized carbons (Fsp3) is 0.500. The fourth-order valence-electron chi connectivity index (χ4n) is 2.02. The van der Waals surface area contributed by atoms with Crippen molar-refractivity contribution in [2.24, 2.45) is 5.92 Å². The van der Waals surface area contributed by atoms with Crippen LogP contribution >= 0.6 is 0 Å². The molecule has 0 aromatic heterocycles. The molecule has 6 heteroatoms. The number of hydrogen-bond acceptors (Lipinski definition) is 4. The Morgan fingerprint density at radius 1 is 1.50 bits per heavy atom. The molecule has 0 radical (unpaired) electrons. The lowest BCUT2D eigenvalue weighted by molar-refractivity contribution is -0.385. The Balaban J connectivity index is 1.97. The van der Waals surface area contributed by atoms with E-state index in [1.165, 1.54) is 12.1 Å². The molecule has 1 fully saturated rings. The summed E-state index contributed by atoms with van der Waals surface area (Å²) in [5.41, 5.74) is -0.285. The van der Waals surface area contributed by atoms with Crippen molar-refractivity contribution in [1.82, 2.24) is 5.32 Å². The molecule has 1 aliphatic rings. The molecule has 1 atom stereocenters. The first kappa shape index (κ1) is 12.8. The van der Waals surface area contributed by atoms with Crippen LogP contribution in [0.3, 0.4) is 0 Å². The highest BCUT2D eigenvalue weighted by molar-refractivity contribution is 5.38. The maximum Gasteiger partial charge on any atom is 0.276 e. The zero-order valence-corrected chi connectivity index (χ0v) is 9.89. The molecule has 0 aliphatic carbocycles. The highest BCUT2D eigenvalue weighted by Crippen LogP contribution is 2.23. The molecule has 1 aromatic rings. The topological polar surface area (TPSA) is 64.4 Å².